The number of aromatic nitrogens is 1. The van der Waals surface area contributed by atoms with E-state index in [1.165, 1.54) is 11.1 Å². The normalized spacial score (nSPS) is 11.3. The largest absolute Gasteiger partial charge is 0.322 e. The second-order valence-electron chi connectivity index (χ2n) is 6.42. The standard InChI is InChI=1S/C18H22N2O/c1-12-6-7-15(11-16(12)18(3,4)5)20-17(21)14-8-9-19-13(2)10-14/h6-11H,1-5H3,(H,20,21). The van der Waals surface area contributed by atoms with Gasteiger partial charge >= 0.3 is 0 Å². The molecule has 0 fully saturated rings. The number of benzene rings is 1. The molecule has 0 aliphatic rings. The monoisotopic (exact) mass is 282 g/mol. The lowest BCUT2D eigenvalue weighted by Crippen LogP contribution is -2.16. The number of nitrogens with one attached hydrogen (secondary N) is 1. The van der Waals surface area contributed by atoms with Gasteiger partial charge in [-0.15, -0.1) is 0 Å². The highest BCUT2D eigenvalue weighted by Crippen LogP contribution is 2.28. The number of nitrogens with zero attached hydrogens (tertiary/aromatic N) is 1. The van der Waals surface area contributed by atoms with Crippen molar-refractivity contribution in [3.8, 4) is 0 Å². The Morgan fingerprint density at radius 1 is 1.10 bits per heavy atom. The van der Waals surface area contributed by atoms with Crippen LogP contribution in [0.15, 0.2) is 36.5 Å². The summed E-state index contributed by atoms with van der Waals surface area (Å²) >= 11 is 0. The summed E-state index contributed by atoms with van der Waals surface area (Å²) in [6, 6.07) is 9.56. The summed E-state index contributed by atoms with van der Waals surface area (Å²) in [6.07, 6.45) is 1.65. The van der Waals surface area contributed by atoms with E-state index in [0.29, 0.717) is 5.56 Å². The fourth-order valence-electron chi connectivity index (χ4n) is 2.40. The number of hydrogen-bond donors (Lipinski definition) is 1. The molecule has 0 bridgehead atoms. The van der Waals surface area contributed by atoms with Gasteiger partial charge in [0.2, 0.25) is 0 Å². The van der Waals surface area contributed by atoms with Crippen LogP contribution in [0, 0.1) is 13.8 Å². The van der Waals surface area contributed by atoms with Gasteiger partial charge in [0.25, 0.3) is 5.91 Å². The summed E-state index contributed by atoms with van der Waals surface area (Å²) in [5.41, 5.74) is 4.82. The first-order valence-corrected chi connectivity index (χ1v) is 7.12. The van der Waals surface area contributed by atoms with Crippen molar-refractivity contribution >= 4 is 11.6 Å². The van der Waals surface area contributed by atoms with Crippen molar-refractivity contribution in [3.63, 3.8) is 0 Å². The number of carbonyl (C=O) groups excluding carboxylic acids is 1. The minimum Gasteiger partial charge on any atom is -0.322 e. The fraction of sp³-hybridized carbons (Fsp3) is 0.333. The van der Waals surface area contributed by atoms with E-state index < -0.39 is 0 Å². The van der Waals surface area contributed by atoms with Gasteiger partial charge in [-0.05, 0) is 54.7 Å². The van der Waals surface area contributed by atoms with Crippen molar-refractivity contribution in [1.82, 2.24) is 4.98 Å². The molecule has 2 rings (SSSR count). The molecular formula is C18H22N2O. The van der Waals surface area contributed by atoms with E-state index in [1.807, 2.05) is 19.1 Å². The predicted octanol–water partition coefficient (Wildman–Crippen LogP) is 4.25. The van der Waals surface area contributed by atoms with Gasteiger partial charge in [0.1, 0.15) is 0 Å². The fourth-order valence-corrected chi connectivity index (χ4v) is 2.40. The van der Waals surface area contributed by atoms with Crippen LogP contribution in [0.3, 0.4) is 0 Å². The third kappa shape index (κ3) is 3.69. The summed E-state index contributed by atoms with van der Waals surface area (Å²) in [6.45, 7) is 10.5. The molecule has 1 heterocycles. The van der Waals surface area contributed by atoms with Crippen LogP contribution in [-0.4, -0.2) is 10.9 Å². The van der Waals surface area contributed by atoms with Crippen molar-refractivity contribution in [3.05, 3.63) is 58.9 Å². The third-order valence-electron chi connectivity index (χ3n) is 3.46. The van der Waals surface area contributed by atoms with Crippen molar-refractivity contribution < 1.29 is 4.79 Å². The second kappa shape index (κ2) is 5.68. The molecule has 0 spiro atoms. The molecule has 0 saturated heterocycles. The maximum absolute atomic E-state index is 12.3. The number of amides is 1. The highest BCUT2D eigenvalue weighted by atomic mass is 16.1. The Bertz CT molecular complexity index is 669. The van der Waals surface area contributed by atoms with Gasteiger partial charge in [0.15, 0.2) is 0 Å². The molecule has 0 atom stereocenters. The molecule has 0 unspecified atom stereocenters. The second-order valence-corrected chi connectivity index (χ2v) is 6.42. The maximum atomic E-state index is 12.3. The van der Waals surface area contributed by atoms with E-state index in [2.05, 4.69) is 44.1 Å². The Balaban J connectivity index is 2.26. The number of carbonyl (C=O) groups is 1. The predicted molar refractivity (Wildman–Crippen MR) is 86.8 cm³/mol. The van der Waals surface area contributed by atoms with E-state index in [1.54, 1.807) is 18.3 Å². The minimum atomic E-state index is -0.107. The van der Waals surface area contributed by atoms with Crippen molar-refractivity contribution in [2.75, 3.05) is 5.32 Å². The Kier molecular flexibility index (Phi) is 4.12. The Morgan fingerprint density at radius 2 is 1.81 bits per heavy atom. The molecule has 3 nitrogen and oxygen atoms in total. The highest BCUT2D eigenvalue weighted by Gasteiger charge is 2.17. The molecule has 0 aliphatic carbocycles. The van der Waals surface area contributed by atoms with Gasteiger partial charge in [-0.2, -0.15) is 0 Å². The van der Waals surface area contributed by atoms with E-state index >= 15 is 0 Å². The van der Waals surface area contributed by atoms with Crippen LogP contribution in [0.25, 0.3) is 0 Å². The zero-order valence-corrected chi connectivity index (χ0v) is 13.3. The van der Waals surface area contributed by atoms with Crippen LogP contribution < -0.4 is 5.32 Å². The van der Waals surface area contributed by atoms with Gasteiger partial charge in [-0.25, -0.2) is 0 Å². The van der Waals surface area contributed by atoms with Gasteiger partial charge < -0.3 is 5.32 Å². The molecule has 21 heavy (non-hydrogen) atoms. The molecule has 1 aromatic heterocycles. The molecule has 1 aromatic carbocycles. The zero-order valence-electron chi connectivity index (χ0n) is 13.3. The first kappa shape index (κ1) is 15.2. The maximum Gasteiger partial charge on any atom is 0.255 e. The van der Waals surface area contributed by atoms with E-state index in [-0.39, 0.29) is 11.3 Å². The Morgan fingerprint density at radius 3 is 2.43 bits per heavy atom. The van der Waals surface area contributed by atoms with Gasteiger partial charge in [-0.1, -0.05) is 26.8 Å². The average Bonchev–Trinajstić information content (AvgIpc) is 2.39. The summed E-state index contributed by atoms with van der Waals surface area (Å²) in [5, 5.41) is 2.96. The smallest absolute Gasteiger partial charge is 0.255 e. The Labute approximate surface area is 126 Å². The van der Waals surface area contributed by atoms with Gasteiger partial charge in [0.05, 0.1) is 0 Å². The zero-order chi connectivity index (χ0) is 15.6. The highest BCUT2D eigenvalue weighted by molar-refractivity contribution is 6.04. The molecule has 1 N–H and O–H groups in total. The molecule has 3 heteroatoms. The van der Waals surface area contributed by atoms with E-state index in [4.69, 9.17) is 0 Å². The summed E-state index contributed by atoms with van der Waals surface area (Å²) in [5.74, 6) is -0.107. The molecule has 2 aromatic rings. The summed E-state index contributed by atoms with van der Waals surface area (Å²) in [4.78, 5) is 16.4. The van der Waals surface area contributed by atoms with E-state index in [9.17, 15) is 4.79 Å². The van der Waals surface area contributed by atoms with Crippen molar-refractivity contribution in [1.29, 1.82) is 0 Å². The first-order valence-electron chi connectivity index (χ1n) is 7.12. The molecule has 0 saturated carbocycles. The first-order chi connectivity index (χ1) is 9.77. The SMILES string of the molecule is Cc1cc(C(=O)Nc2ccc(C)c(C(C)(C)C)c2)ccn1. The van der Waals surface area contributed by atoms with Gasteiger partial charge in [-0.3, -0.25) is 9.78 Å². The lowest BCUT2D eigenvalue weighted by Gasteiger charge is -2.22. The number of anilines is 1. The van der Waals surface area contributed by atoms with Crippen molar-refractivity contribution in [2.45, 2.75) is 40.0 Å². The van der Waals surface area contributed by atoms with Crippen LogP contribution >= 0.6 is 0 Å². The summed E-state index contributed by atoms with van der Waals surface area (Å²) < 4.78 is 0. The van der Waals surface area contributed by atoms with E-state index in [0.717, 1.165) is 11.4 Å². The van der Waals surface area contributed by atoms with Crippen LogP contribution in [0.4, 0.5) is 5.69 Å². The molecule has 1 amide bonds. The van der Waals surface area contributed by atoms with Crippen LogP contribution in [0.2, 0.25) is 0 Å². The number of hydrogen-bond acceptors (Lipinski definition) is 2. The molecular weight excluding hydrogens is 260 g/mol. The quantitative estimate of drug-likeness (QED) is 0.894. The van der Waals surface area contributed by atoms with Gasteiger partial charge in [0, 0.05) is 23.1 Å². The van der Waals surface area contributed by atoms with Crippen LogP contribution in [0.1, 0.15) is 48.0 Å². The van der Waals surface area contributed by atoms with Crippen molar-refractivity contribution in [2.24, 2.45) is 0 Å². The molecule has 0 radical (unpaired) electrons. The molecule has 110 valence electrons. The Hall–Kier alpha value is -2.16. The van der Waals surface area contributed by atoms with Crippen LogP contribution in [-0.2, 0) is 5.41 Å². The lowest BCUT2D eigenvalue weighted by atomic mass is 9.84. The minimum absolute atomic E-state index is 0.0536. The average molecular weight is 282 g/mol. The topological polar surface area (TPSA) is 42.0 Å². The lowest BCUT2D eigenvalue weighted by molar-refractivity contribution is 0.102. The number of rotatable bonds is 2. The number of aryl methyl sites for hydroxylation is 2. The summed E-state index contributed by atoms with van der Waals surface area (Å²) in [7, 11) is 0. The third-order valence-corrected chi connectivity index (χ3v) is 3.46. The van der Waals surface area contributed by atoms with Crippen LogP contribution in [0.5, 0.6) is 0 Å². The number of pyridine rings is 1. The molecule has 0 aliphatic heterocycles.